The lowest BCUT2D eigenvalue weighted by Gasteiger charge is -2.38. The van der Waals surface area contributed by atoms with E-state index in [1.54, 1.807) is 0 Å². The summed E-state index contributed by atoms with van der Waals surface area (Å²) in [5, 5.41) is 11.0. The lowest BCUT2D eigenvalue weighted by molar-refractivity contribution is -0.137. The van der Waals surface area contributed by atoms with Crippen LogP contribution in [0.5, 0.6) is 0 Å². The van der Waals surface area contributed by atoms with Crippen LogP contribution in [0.15, 0.2) is 0 Å². The van der Waals surface area contributed by atoms with E-state index in [-0.39, 0.29) is 5.91 Å². The molecule has 1 N–H and O–H groups in total. The maximum Gasteiger partial charge on any atom is 0.254 e. The molecule has 1 aliphatic carbocycles. The van der Waals surface area contributed by atoms with Gasteiger partial charge in [-0.3, -0.25) is 10.2 Å². The van der Waals surface area contributed by atoms with Crippen LogP contribution in [-0.2, 0) is 4.79 Å². The van der Waals surface area contributed by atoms with Crippen molar-refractivity contribution in [2.24, 2.45) is 5.41 Å². The number of carbonyl (C=O) groups excluding carboxylic acids is 1. The van der Waals surface area contributed by atoms with Gasteiger partial charge >= 0.3 is 0 Å². The molecular formula is C11H18N4O. The van der Waals surface area contributed by atoms with E-state index in [4.69, 9.17) is 5.26 Å². The number of hydrazine groups is 1. The molecule has 1 amide bonds. The Kier molecular flexibility index (Phi) is 3.13. The Morgan fingerprint density at radius 2 is 1.94 bits per heavy atom. The molecule has 0 aromatic carbocycles. The molecule has 0 spiro atoms. The first kappa shape index (κ1) is 11.4. The molecule has 2 aliphatic rings. The predicted molar refractivity (Wildman–Crippen MR) is 59.1 cm³/mol. The van der Waals surface area contributed by atoms with Crippen molar-refractivity contribution in [3.8, 4) is 6.07 Å². The molecule has 1 aliphatic heterocycles. The largest absolute Gasteiger partial charge is 0.304 e. The van der Waals surface area contributed by atoms with Crippen LogP contribution in [0.3, 0.4) is 0 Å². The summed E-state index contributed by atoms with van der Waals surface area (Å²) in [5.41, 5.74) is 2.15. The Morgan fingerprint density at radius 1 is 1.31 bits per heavy atom. The zero-order valence-corrected chi connectivity index (χ0v) is 9.70. The molecule has 0 unspecified atom stereocenters. The summed E-state index contributed by atoms with van der Waals surface area (Å²) in [4.78, 5) is 14.2. The molecule has 1 saturated carbocycles. The van der Waals surface area contributed by atoms with Crippen LogP contribution >= 0.6 is 0 Å². The van der Waals surface area contributed by atoms with E-state index in [0.717, 1.165) is 32.6 Å². The fourth-order valence-corrected chi connectivity index (χ4v) is 2.09. The molecule has 1 saturated heterocycles. The van der Waals surface area contributed by atoms with Crippen molar-refractivity contribution in [2.45, 2.75) is 19.3 Å². The third kappa shape index (κ3) is 2.04. The third-order valence-electron chi connectivity index (χ3n) is 3.62. The molecule has 0 bridgehead atoms. The number of nitriles is 1. The fourth-order valence-electron chi connectivity index (χ4n) is 2.09. The predicted octanol–water partition coefficient (Wildman–Crippen LogP) is -0.0411. The third-order valence-corrected chi connectivity index (χ3v) is 3.62. The topological polar surface area (TPSA) is 59.4 Å². The summed E-state index contributed by atoms with van der Waals surface area (Å²) in [5.74, 6) is -0.106. The first-order valence-electron chi connectivity index (χ1n) is 5.82. The van der Waals surface area contributed by atoms with Crippen molar-refractivity contribution >= 4 is 5.91 Å². The van der Waals surface area contributed by atoms with E-state index >= 15 is 0 Å². The second-order valence-electron chi connectivity index (χ2n) is 4.78. The maximum atomic E-state index is 11.9. The number of amides is 1. The van der Waals surface area contributed by atoms with Crippen LogP contribution in [-0.4, -0.2) is 49.0 Å². The van der Waals surface area contributed by atoms with Gasteiger partial charge in [0, 0.05) is 26.2 Å². The quantitative estimate of drug-likeness (QED) is 0.712. The van der Waals surface area contributed by atoms with Gasteiger partial charge in [0.2, 0.25) is 0 Å². The van der Waals surface area contributed by atoms with Crippen LogP contribution in [0, 0.1) is 16.7 Å². The minimum absolute atomic E-state index is 0.106. The number of rotatable bonds is 2. The van der Waals surface area contributed by atoms with E-state index in [2.05, 4.69) is 23.4 Å². The Hall–Kier alpha value is -1.12. The normalized spacial score (nSPS) is 25.5. The molecule has 5 nitrogen and oxygen atoms in total. The van der Waals surface area contributed by atoms with E-state index in [0.29, 0.717) is 12.8 Å². The zero-order chi connectivity index (χ0) is 11.6. The van der Waals surface area contributed by atoms with Crippen molar-refractivity contribution in [3.05, 3.63) is 0 Å². The first-order chi connectivity index (χ1) is 7.66. The molecule has 2 rings (SSSR count). The molecule has 0 atom stereocenters. The zero-order valence-electron chi connectivity index (χ0n) is 9.70. The molecule has 16 heavy (non-hydrogen) atoms. The highest BCUT2D eigenvalue weighted by Crippen LogP contribution is 2.40. The van der Waals surface area contributed by atoms with Crippen molar-refractivity contribution in [1.29, 1.82) is 5.26 Å². The molecule has 0 aromatic heterocycles. The molecule has 5 heteroatoms. The van der Waals surface area contributed by atoms with Crippen LogP contribution in [0.25, 0.3) is 0 Å². The van der Waals surface area contributed by atoms with Gasteiger partial charge in [0.25, 0.3) is 5.91 Å². The lowest BCUT2D eigenvalue weighted by atomic mass is 9.69. The second kappa shape index (κ2) is 4.40. The van der Waals surface area contributed by atoms with Gasteiger partial charge in [-0.05, 0) is 26.3 Å². The van der Waals surface area contributed by atoms with Gasteiger partial charge in [0.05, 0.1) is 6.07 Å². The van der Waals surface area contributed by atoms with Crippen LogP contribution in [0.1, 0.15) is 19.3 Å². The summed E-state index contributed by atoms with van der Waals surface area (Å²) in [6.45, 7) is 3.59. The molecular weight excluding hydrogens is 204 g/mol. The van der Waals surface area contributed by atoms with Gasteiger partial charge in [-0.15, -0.1) is 0 Å². The van der Waals surface area contributed by atoms with Gasteiger partial charge in [-0.2, -0.15) is 5.26 Å². The number of hydrogen-bond acceptors (Lipinski definition) is 4. The van der Waals surface area contributed by atoms with E-state index in [1.807, 2.05) is 5.01 Å². The van der Waals surface area contributed by atoms with Crippen LogP contribution < -0.4 is 5.43 Å². The summed E-state index contributed by atoms with van der Waals surface area (Å²) in [6, 6.07) is 2.16. The molecule has 0 aromatic rings. The summed E-state index contributed by atoms with van der Waals surface area (Å²) in [6.07, 6.45) is 2.41. The van der Waals surface area contributed by atoms with Gasteiger partial charge in [0.1, 0.15) is 5.41 Å². The SMILES string of the molecule is CN1CCN(NC(=O)C2(C#N)CCC2)CC1. The minimum atomic E-state index is -0.733. The van der Waals surface area contributed by atoms with Crippen molar-refractivity contribution in [2.75, 3.05) is 33.2 Å². The summed E-state index contributed by atoms with van der Waals surface area (Å²) < 4.78 is 0. The van der Waals surface area contributed by atoms with E-state index < -0.39 is 5.41 Å². The second-order valence-corrected chi connectivity index (χ2v) is 4.78. The van der Waals surface area contributed by atoms with Crippen molar-refractivity contribution in [3.63, 3.8) is 0 Å². The Morgan fingerprint density at radius 3 is 2.38 bits per heavy atom. The Labute approximate surface area is 96.0 Å². The monoisotopic (exact) mass is 222 g/mol. The molecule has 0 radical (unpaired) electrons. The smallest absolute Gasteiger partial charge is 0.254 e. The molecule has 88 valence electrons. The van der Waals surface area contributed by atoms with Crippen molar-refractivity contribution < 1.29 is 4.79 Å². The van der Waals surface area contributed by atoms with Crippen molar-refractivity contribution in [1.82, 2.24) is 15.3 Å². The van der Waals surface area contributed by atoms with E-state index in [9.17, 15) is 4.79 Å². The number of nitrogens with zero attached hydrogens (tertiary/aromatic N) is 3. The van der Waals surface area contributed by atoms with Gasteiger partial charge in [-0.25, -0.2) is 5.01 Å². The van der Waals surface area contributed by atoms with Crippen LogP contribution in [0.2, 0.25) is 0 Å². The Bertz CT molecular complexity index is 310. The van der Waals surface area contributed by atoms with Gasteiger partial charge < -0.3 is 4.90 Å². The number of hydrogen-bond donors (Lipinski definition) is 1. The lowest BCUT2D eigenvalue weighted by Crippen LogP contribution is -2.56. The molecule has 2 fully saturated rings. The highest BCUT2D eigenvalue weighted by atomic mass is 16.2. The maximum absolute atomic E-state index is 11.9. The Balaban J connectivity index is 1.86. The summed E-state index contributed by atoms with van der Waals surface area (Å²) >= 11 is 0. The highest BCUT2D eigenvalue weighted by molar-refractivity contribution is 5.85. The number of likely N-dealkylation sites (N-methyl/N-ethyl adjacent to an activating group) is 1. The number of piperazine rings is 1. The standard InChI is InChI=1S/C11H18N4O/c1-14-5-7-15(8-6-14)13-10(16)11(9-12)3-2-4-11/h2-8H2,1H3,(H,13,16). The average molecular weight is 222 g/mol. The highest BCUT2D eigenvalue weighted by Gasteiger charge is 2.45. The summed E-state index contributed by atoms with van der Waals surface area (Å²) in [7, 11) is 2.07. The average Bonchev–Trinajstić information content (AvgIpc) is 2.21. The fraction of sp³-hybridized carbons (Fsp3) is 0.818. The van der Waals surface area contributed by atoms with Gasteiger partial charge in [-0.1, -0.05) is 0 Å². The first-order valence-corrected chi connectivity index (χ1v) is 5.82. The van der Waals surface area contributed by atoms with Crippen LogP contribution in [0.4, 0.5) is 0 Å². The number of carbonyl (C=O) groups is 1. The molecule has 1 heterocycles. The van der Waals surface area contributed by atoms with E-state index in [1.165, 1.54) is 0 Å². The van der Waals surface area contributed by atoms with Gasteiger partial charge in [0.15, 0.2) is 0 Å². The number of nitrogens with one attached hydrogen (secondary N) is 1. The minimum Gasteiger partial charge on any atom is -0.304 e.